The topological polar surface area (TPSA) is 76.9 Å². The maximum Gasteiger partial charge on any atom is 0.181 e. The van der Waals surface area contributed by atoms with Crippen molar-refractivity contribution in [1.29, 1.82) is 0 Å². The van der Waals surface area contributed by atoms with Crippen molar-refractivity contribution in [2.24, 2.45) is 0 Å². The van der Waals surface area contributed by atoms with E-state index in [-0.39, 0.29) is 5.25 Å². The van der Waals surface area contributed by atoms with Gasteiger partial charge in [0.15, 0.2) is 9.84 Å². The van der Waals surface area contributed by atoms with Gasteiger partial charge in [0.05, 0.1) is 28.6 Å². The molecule has 6 nitrogen and oxygen atoms in total. The molecule has 3 rings (SSSR count). The highest BCUT2D eigenvalue weighted by Crippen LogP contribution is 2.29. The second kappa shape index (κ2) is 7.34. The number of aromatic nitrogens is 3. The molecule has 1 aliphatic carbocycles. The van der Waals surface area contributed by atoms with Crippen LogP contribution >= 0.6 is 0 Å². The van der Waals surface area contributed by atoms with Crippen LogP contribution in [0.15, 0.2) is 35.4 Å². The second-order valence-electron chi connectivity index (χ2n) is 6.23. The van der Waals surface area contributed by atoms with Crippen molar-refractivity contribution in [3.8, 4) is 0 Å². The normalized spacial score (nSPS) is 16.2. The highest BCUT2D eigenvalue weighted by Gasteiger charge is 2.28. The number of nitrogens with one attached hydrogen (secondary N) is 1. The van der Waals surface area contributed by atoms with Crippen molar-refractivity contribution in [2.45, 2.75) is 62.3 Å². The first-order valence-electron chi connectivity index (χ1n) is 8.56. The Balaban J connectivity index is 1.74. The molecule has 1 heterocycles. The monoisotopic (exact) mass is 348 g/mol. The predicted octanol–water partition coefficient (Wildman–Crippen LogP) is 3.02. The zero-order chi connectivity index (χ0) is 17.0. The van der Waals surface area contributed by atoms with Crippen LogP contribution in [0.1, 0.15) is 44.7 Å². The van der Waals surface area contributed by atoms with E-state index in [0.29, 0.717) is 11.4 Å². The van der Waals surface area contributed by atoms with E-state index >= 15 is 0 Å². The summed E-state index contributed by atoms with van der Waals surface area (Å²) >= 11 is 0. The van der Waals surface area contributed by atoms with Crippen molar-refractivity contribution >= 4 is 15.5 Å². The third-order valence-corrected chi connectivity index (χ3v) is 6.88. The number of nitrogens with zero attached hydrogens (tertiary/aromatic N) is 3. The largest absolute Gasteiger partial charge is 0.379 e. The Labute approximate surface area is 143 Å². The lowest BCUT2D eigenvalue weighted by Crippen LogP contribution is -2.24. The molecule has 0 saturated heterocycles. The molecule has 0 atom stereocenters. The third-order valence-electron chi connectivity index (χ3n) is 4.62. The van der Waals surface area contributed by atoms with Gasteiger partial charge < -0.3 is 5.32 Å². The Morgan fingerprint density at radius 1 is 1.25 bits per heavy atom. The molecule has 1 N–H and O–H groups in total. The molecule has 7 heteroatoms. The number of hydrogen-bond acceptors (Lipinski definition) is 5. The molecular formula is C17H24N4O2S. The fraction of sp³-hybridized carbons (Fsp3) is 0.529. The van der Waals surface area contributed by atoms with Crippen molar-refractivity contribution in [1.82, 2.24) is 15.0 Å². The first kappa shape index (κ1) is 17.0. The number of hydrogen-bond donors (Lipinski definition) is 1. The van der Waals surface area contributed by atoms with E-state index in [4.69, 9.17) is 0 Å². The minimum Gasteiger partial charge on any atom is -0.379 e. The Morgan fingerprint density at radius 2 is 2.04 bits per heavy atom. The SMILES string of the molecule is CCn1nncc1CNc1cccc(S(=O)(=O)C2CCCCC2)c1. The molecule has 0 radical (unpaired) electrons. The van der Waals surface area contributed by atoms with Gasteiger partial charge in [0.25, 0.3) is 0 Å². The van der Waals surface area contributed by atoms with Gasteiger partial charge in [0, 0.05) is 12.2 Å². The molecule has 1 fully saturated rings. The van der Waals surface area contributed by atoms with Crippen molar-refractivity contribution < 1.29 is 8.42 Å². The van der Waals surface area contributed by atoms with Crippen LogP contribution in [0.5, 0.6) is 0 Å². The van der Waals surface area contributed by atoms with Crippen molar-refractivity contribution in [3.05, 3.63) is 36.2 Å². The number of benzene rings is 1. The number of rotatable bonds is 6. The van der Waals surface area contributed by atoms with E-state index in [1.165, 1.54) is 0 Å². The molecule has 0 amide bonds. The maximum atomic E-state index is 12.8. The van der Waals surface area contributed by atoms with Crippen LogP contribution in [0.4, 0.5) is 5.69 Å². The molecular weight excluding hydrogens is 324 g/mol. The highest BCUT2D eigenvalue weighted by atomic mass is 32.2. The molecule has 1 aromatic carbocycles. The van der Waals surface area contributed by atoms with E-state index in [9.17, 15) is 8.42 Å². The average molecular weight is 348 g/mol. The van der Waals surface area contributed by atoms with Crippen LogP contribution in [-0.2, 0) is 22.9 Å². The van der Waals surface area contributed by atoms with Gasteiger partial charge in [-0.3, -0.25) is 0 Å². The lowest BCUT2D eigenvalue weighted by Gasteiger charge is -2.22. The first-order chi connectivity index (χ1) is 11.6. The molecule has 0 spiro atoms. The Kier molecular flexibility index (Phi) is 5.18. The smallest absolute Gasteiger partial charge is 0.181 e. The first-order valence-corrected chi connectivity index (χ1v) is 10.1. The Morgan fingerprint density at radius 3 is 2.79 bits per heavy atom. The molecule has 130 valence electrons. The summed E-state index contributed by atoms with van der Waals surface area (Å²) in [6, 6.07) is 7.13. The summed E-state index contributed by atoms with van der Waals surface area (Å²) in [5.41, 5.74) is 1.77. The molecule has 0 bridgehead atoms. The minimum atomic E-state index is -3.24. The maximum absolute atomic E-state index is 12.8. The van der Waals surface area contributed by atoms with Gasteiger partial charge in [0.2, 0.25) is 0 Å². The van der Waals surface area contributed by atoms with Crippen LogP contribution < -0.4 is 5.32 Å². The van der Waals surface area contributed by atoms with Gasteiger partial charge in [0.1, 0.15) is 0 Å². The highest BCUT2D eigenvalue weighted by molar-refractivity contribution is 7.92. The predicted molar refractivity (Wildman–Crippen MR) is 93.5 cm³/mol. The van der Waals surface area contributed by atoms with Crippen LogP contribution in [0, 0.1) is 0 Å². The van der Waals surface area contributed by atoms with Crippen LogP contribution in [0.25, 0.3) is 0 Å². The van der Waals surface area contributed by atoms with E-state index < -0.39 is 9.84 Å². The summed E-state index contributed by atoms with van der Waals surface area (Å²) in [5, 5.41) is 10.9. The Hall–Kier alpha value is -1.89. The minimum absolute atomic E-state index is 0.229. The summed E-state index contributed by atoms with van der Waals surface area (Å²) in [4.78, 5) is 0.418. The summed E-state index contributed by atoms with van der Waals surface area (Å²) in [7, 11) is -3.24. The number of anilines is 1. The van der Waals surface area contributed by atoms with Crippen molar-refractivity contribution in [2.75, 3.05) is 5.32 Å². The summed E-state index contributed by atoms with van der Waals surface area (Å²) in [5.74, 6) is 0. The number of sulfone groups is 1. The summed E-state index contributed by atoms with van der Waals surface area (Å²) < 4.78 is 27.5. The van der Waals surface area contributed by atoms with Crippen LogP contribution in [-0.4, -0.2) is 28.7 Å². The lowest BCUT2D eigenvalue weighted by atomic mass is 10.0. The van der Waals surface area contributed by atoms with Gasteiger partial charge in [-0.25, -0.2) is 13.1 Å². The van der Waals surface area contributed by atoms with Crippen molar-refractivity contribution in [3.63, 3.8) is 0 Å². The zero-order valence-corrected chi connectivity index (χ0v) is 14.8. The molecule has 0 aliphatic heterocycles. The summed E-state index contributed by atoms with van der Waals surface area (Å²) in [6.45, 7) is 3.33. The molecule has 1 aromatic heterocycles. The molecule has 1 saturated carbocycles. The average Bonchev–Trinajstić information content (AvgIpc) is 3.08. The lowest BCUT2D eigenvalue weighted by molar-refractivity contribution is 0.483. The van der Waals surface area contributed by atoms with E-state index in [1.807, 2.05) is 17.7 Å². The molecule has 2 aromatic rings. The van der Waals surface area contributed by atoms with E-state index in [0.717, 1.165) is 50.0 Å². The second-order valence-corrected chi connectivity index (χ2v) is 8.46. The molecule has 0 unspecified atom stereocenters. The fourth-order valence-corrected chi connectivity index (χ4v) is 5.12. The van der Waals surface area contributed by atoms with Gasteiger partial charge in [-0.2, -0.15) is 0 Å². The van der Waals surface area contributed by atoms with Gasteiger partial charge >= 0.3 is 0 Å². The van der Waals surface area contributed by atoms with Crippen LogP contribution in [0.2, 0.25) is 0 Å². The molecule has 1 aliphatic rings. The third kappa shape index (κ3) is 3.61. The standard InChI is InChI=1S/C17H24N4O2S/c1-2-21-15(13-19-20-21)12-18-14-7-6-10-17(11-14)24(22,23)16-8-4-3-5-9-16/h6-7,10-11,13,16,18H,2-5,8-9,12H2,1H3. The Bertz CT molecular complexity index is 779. The fourth-order valence-electron chi connectivity index (χ4n) is 3.23. The van der Waals surface area contributed by atoms with E-state index in [1.54, 1.807) is 24.4 Å². The number of aryl methyl sites for hydroxylation is 1. The van der Waals surface area contributed by atoms with E-state index in [2.05, 4.69) is 15.6 Å². The molecule has 24 heavy (non-hydrogen) atoms. The van der Waals surface area contributed by atoms with Gasteiger partial charge in [-0.1, -0.05) is 30.5 Å². The van der Waals surface area contributed by atoms with Crippen LogP contribution in [0.3, 0.4) is 0 Å². The summed E-state index contributed by atoms with van der Waals surface area (Å²) in [6.07, 6.45) is 6.44. The quantitative estimate of drug-likeness (QED) is 0.868. The zero-order valence-electron chi connectivity index (χ0n) is 14.0. The van der Waals surface area contributed by atoms with Gasteiger partial charge in [-0.15, -0.1) is 5.10 Å². The van der Waals surface area contributed by atoms with Gasteiger partial charge in [-0.05, 0) is 38.0 Å².